The molecule has 4 nitrogen and oxygen atoms in total. The van der Waals surface area contributed by atoms with Crippen molar-refractivity contribution in [2.24, 2.45) is 0 Å². The van der Waals surface area contributed by atoms with E-state index in [9.17, 15) is 4.79 Å². The van der Waals surface area contributed by atoms with Gasteiger partial charge in [0.15, 0.2) is 0 Å². The third-order valence-electron chi connectivity index (χ3n) is 3.20. The van der Waals surface area contributed by atoms with Gasteiger partial charge in [0.05, 0.1) is 13.5 Å². The van der Waals surface area contributed by atoms with E-state index in [0.717, 1.165) is 30.0 Å². The molecule has 0 saturated heterocycles. The fourth-order valence-corrected chi connectivity index (χ4v) is 2.04. The number of ether oxygens (including phenoxy) is 1. The third-order valence-corrected chi connectivity index (χ3v) is 3.20. The van der Waals surface area contributed by atoms with Crippen LogP contribution in [-0.2, 0) is 24.3 Å². The highest BCUT2D eigenvalue weighted by Gasteiger charge is 2.00. The second kappa shape index (κ2) is 7.45. The van der Waals surface area contributed by atoms with Crippen molar-refractivity contribution >= 4 is 5.97 Å². The predicted octanol–water partition coefficient (Wildman–Crippen LogP) is 2.61. The Hall–Kier alpha value is -2.33. The lowest BCUT2D eigenvalue weighted by atomic mass is 10.1. The Balaban J connectivity index is 1.81. The van der Waals surface area contributed by atoms with Crippen molar-refractivity contribution in [2.45, 2.75) is 19.5 Å². The average Bonchev–Trinajstić information content (AvgIpc) is 2.49. The van der Waals surface area contributed by atoms with E-state index in [2.05, 4.69) is 5.32 Å². The first-order chi connectivity index (χ1) is 10.2. The Morgan fingerprint density at radius 1 is 0.952 bits per heavy atom. The Kier molecular flexibility index (Phi) is 5.35. The van der Waals surface area contributed by atoms with Gasteiger partial charge in [0, 0.05) is 13.1 Å². The van der Waals surface area contributed by atoms with Gasteiger partial charge in [0.25, 0.3) is 0 Å². The monoisotopic (exact) mass is 285 g/mol. The van der Waals surface area contributed by atoms with Crippen LogP contribution in [0.2, 0.25) is 0 Å². The van der Waals surface area contributed by atoms with Gasteiger partial charge in [-0.2, -0.15) is 0 Å². The zero-order chi connectivity index (χ0) is 15.1. The predicted molar refractivity (Wildman–Crippen MR) is 81.3 cm³/mol. The van der Waals surface area contributed by atoms with E-state index < -0.39 is 5.97 Å². The van der Waals surface area contributed by atoms with Crippen LogP contribution < -0.4 is 10.1 Å². The molecule has 2 rings (SSSR count). The summed E-state index contributed by atoms with van der Waals surface area (Å²) in [4.78, 5) is 10.6. The molecule has 0 aliphatic carbocycles. The zero-order valence-corrected chi connectivity index (χ0v) is 12.0. The van der Waals surface area contributed by atoms with Crippen LogP contribution >= 0.6 is 0 Å². The molecule has 21 heavy (non-hydrogen) atoms. The van der Waals surface area contributed by atoms with Crippen molar-refractivity contribution in [3.63, 3.8) is 0 Å². The fraction of sp³-hybridized carbons (Fsp3) is 0.235. The number of aliphatic carboxylic acids is 1. The maximum absolute atomic E-state index is 10.6. The van der Waals surface area contributed by atoms with E-state index in [1.165, 1.54) is 5.56 Å². The number of benzene rings is 2. The number of carboxylic acid groups (broad SMARTS) is 1. The number of methoxy groups -OCH3 is 1. The van der Waals surface area contributed by atoms with Gasteiger partial charge in [-0.3, -0.25) is 4.79 Å². The fourth-order valence-electron chi connectivity index (χ4n) is 2.04. The number of carbonyl (C=O) groups is 1. The summed E-state index contributed by atoms with van der Waals surface area (Å²) >= 11 is 0. The summed E-state index contributed by atoms with van der Waals surface area (Å²) in [7, 11) is 1.65. The first-order valence-corrected chi connectivity index (χ1v) is 6.80. The van der Waals surface area contributed by atoms with E-state index >= 15 is 0 Å². The molecular weight excluding hydrogens is 266 g/mol. The lowest BCUT2D eigenvalue weighted by molar-refractivity contribution is -0.136. The second-order valence-corrected chi connectivity index (χ2v) is 4.84. The molecule has 0 aliphatic rings. The number of carboxylic acids is 1. The summed E-state index contributed by atoms with van der Waals surface area (Å²) in [5, 5.41) is 12.1. The smallest absolute Gasteiger partial charge is 0.307 e. The number of rotatable bonds is 7. The molecule has 0 bridgehead atoms. The minimum atomic E-state index is -0.805. The molecule has 0 aromatic heterocycles. The van der Waals surface area contributed by atoms with Gasteiger partial charge in [0.1, 0.15) is 5.75 Å². The van der Waals surface area contributed by atoms with E-state index in [-0.39, 0.29) is 6.42 Å². The van der Waals surface area contributed by atoms with Crippen LogP contribution in [0.1, 0.15) is 16.7 Å². The molecule has 110 valence electrons. The zero-order valence-electron chi connectivity index (χ0n) is 12.0. The lowest BCUT2D eigenvalue weighted by Crippen LogP contribution is -2.12. The van der Waals surface area contributed by atoms with Crippen molar-refractivity contribution < 1.29 is 14.6 Å². The molecule has 2 aromatic rings. The third kappa shape index (κ3) is 4.93. The maximum Gasteiger partial charge on any atom is 0.307 e. The van der Waals surface area contributed by atoms with Gasteiger partial charge in [-0.05, 0) is 28.8 Å². The minimum absolute atomic E-state index is 0.0690. The molecular formula is C17H19NO3. The average molecular weight is 285 g/mol. The lowest BCUT2D eigenvalue weighted by Gasteiger charge is -2.07. The molecule has 0 radical (unpaired) electrons. The quantitative estimate of drug-likeness (QED) is 0.821. The molecule has 0 aliphatic heterocycles. The molecule has 0 saturated carbocycles. The molecule has 0 unspecified atom stereocenters. The van der Waals surface area contributed by atoms with Crippen LogP contribution in [0.15, 0.2) is 48.5 Å². The van der Waals surface area contributed by atoms with Crippen molar-refractivity contribution in [2.75, 3.05) is 7.11 Å². The van der Waals surface area contributed by atoms with Gasteiger partial charge in [-0.25, -0.2) is 0 Å². The molecule has 0 heterocycles. The first-order valence-electron chi connectivity index (χ1n) is 6.80. The van der Waals surface area contributed by atoms with Crippen LogP contribution in [0.25, 0.3) is 0 Å². The van der Waals surface area contributed by atoms with Gasteiger partial charge < -0.3 is 15.2 Å². The van der Waals surface area contributed by atoms with E-state index in [0.29, 0.717) is 0 Å². The molecule has 2 aromatic carbocycles. The van der Waals surface area contributed by atoms with Crippen LogP contribution in [0.3, 0.4) is 0 Å². The van der Waals surface area contributed by atoms with Crippen LogP contribution in [-0.4, -0.2) is 18.2 Å². The Morgan fingerprint density at radius 2 is 1.43 bits per heavy atom. The van der Waals surface area contributed by atoms with E-state index in [4.69, 9.17) is 9.84 Å². The highest BCUT2D eigenvalue weighted by atomic mass is 16.5. The Labute approximate surface area is 124 Å². The van der Waals surface area contributed by atoms with Gasteiger partial charge >= 0.3 is 5.97 Å². The topological polar surface area (TPSA) is 58.6 Å². The summed E-state index contributed by atoms with van der Waals surface area (Å²) in [6.45, 7) is 1.53. The maximum atomic E-state index is 10.6. The minimum Gasteiger partial charge on any atom is -0.497 e. The van der Waals surface area contributed by atoms with E-state index in [1.807, 2.05) is 48.5 Å². The van der Waals surface area contributed by atoms with Gasteiger partial charge in [-0.15, -0.1) is 0 Å². The van der Waals surface area contributed by atoms with Crippen LogP contribution in [0.4, 0.5) is 0 Å². The summed E-state index contributed by atoms with van der Waals surface area (Å²) in [5.41, 5.74) is 3.15. The van der Waals surface area contributed by atoms with Gasteiger partial charge in [0.2, 0.25) is 0 Å². The van der Waals surface area contributed by atoms with E-state index in [1.54, 1.807) is 7.11 Å². The SMILES string of the molecule is COc1ccc(CNCc2ccc(CC(=O)O)cc2)cc1. The standard InChI is InChI=1S/C17H19NO3/c1-21-16-8-6-15(7-9-16)12-18-11-14-4-2-13(3-5-14)10-17(19)20/h2-9,18H,10-12H2,1H3,(H,19,20). The highest BCUT2D eigenvalue weighted by molar-refractivity contribution is 5.70. The van der Waals surface area contributed by atoms with Crippen LogP contribution in [0.5, 0.6) is 5.75 Å². The van der Waals surface area contributed by atoms with Crippen molar-refractivity contribution in [1.29, 1.82) is 0 Å². The molecule has 0 spiro atoms. The normalized spacial score (nSPS) is 10.3. The summed E-state index contributed by atoms with van der Waals surface area (Å²) in [6.07, 6.45) is 0.0690. The first kappa shape index (κ1) is 15.1. The Morgan fingerprint density at radius 3 is 1.90 bits per heavy atom. The molecule has 0 fully saturated rings. The highest BCUT2D eigenvalue weighted by Crippen LogP contribution is 2.11. The largest absolute Gasteiger partial charge is 0.497 e. The van der Waals surface area contributed by atoms with Crippen molar-refractivity contribution in [3.05, 3.63) is 65.2 Å². The summed E-state index contributed by atoms with van der Waals surface area (Å²) in [6, 6.07) is 15.6. The van der Waals surface area contributed by atoms with Crippen LogP contribution in [0, 0.1) is 0 Å². The summed E-state index contributed by atoms with van der Waals surface area (Å²) in [5.74, 6) is 0.0492. The number of nitrogens with one attached hydrogen (secondary N) is 1. The van der Waals surface area contributed by atoms with Crippen molar-refractivity contribution in [3.8, 4) is 5.75 Å². The Bertz CT molecular complexity index is 576. The van der Waals surface area contributed by atoms with Gasteiger partial charge in [-0.1, -0.05) is 36.4 Å². The second-order valence-electron chi connectivity index (χ2n) is 4.84. The molecule has 0 atom stereocenters. The summed E-state index contributed by atoms with van der Waals surface area (Å²) < 4.78 is 5.12. The molecule has 0 amide bonds. The number of hydrogen-bond acceptors (Lipinski definition) is 3. The number of hydrogen-bond donors (Lipinski definition) is 2. The molecule has 2 N–H and O–H groups in total. The molecule has 4 heteroatoms. The van der Waals surface area contributed by atoms with Crippen molar-refractivity contribution in [1.82, 2.24) is 5.32 Å².